The number of nitrogens with two attached hydrogens (primary N) is 1. The van der Waals surface area contributed by atoms with E-state index >= 15 is 0 Å². The van der Waals surface area contributed by atoms with Crippen LogP contribution in [0.2, 0.25) is 0 Å². The molecule has 0 unspecified atom stereocenters. The Balaban J connectivity index is 2.42. The summed E-state index contributed by atoms with van der Waals surface area (Å²) in [5.74, 6) is -0.0714. The summed E-state index contributed by atoms with van der Waals surface area (Å²) in [7, 11) is 1.61. The minimum Gasteiger partial charge on any atom is -0.483 e. The van der Waals surface area contributed by atoms with Gasteiger partial charge in [-0.2, -0.15) is 0 Å². The zero-order valence-electron chi connectivity index (χ0n) is 11.7. The highest BCUT2D eigenvalue weighted by Crippen LogP contribution is 2.19. The summed E-state index contributed by atoms with van der Waals surface area (Å²) < 4.78 is 23.4. The van der Waals surface area contributed by atoms with Crippen LogP contribution in [0.25, 0.3) is 0 Å². The molecular formula is C14H21FN2O3. The van der Waals surface area contributed by atoms with Gasteiger partial charge in [0, 0.05) is 20.3 Å². The van der Waals surface area contributed by atoms with Gasteiger partial charge in [0.05, 0.1) is 0 Å². The second-order valence-electron chi connectivity index (χ2n) is 4.28. The lowest BCUT2D eigenvalue weighted by atomic mass is 10.1. The highest BCUT2D eigenvalue weighted by molar-refractivity contribution is 5.77. The van der Waals surface area contributed by atoms with Crippen molar-refractivity contribution in [1.29, 1.82) is 0 Å². The molecule has 0 radical (unpaired) electrons. The number of rotatable bonds is 9. The number of carbonyl (C=O) groups excluding carboxylic acids is 1. The van der Waals surface area contributed by atoms with Crippen molar-refractivity contribution < 1.29 is 18.7 Å². The SMILES string of the molecule is COCCCNC(=O)COc1ccc(F)cc1CCN. The van der Waals surface area contributed by atoms with Gasteiger partial charge in [-0.1, -0.05) is 0 Å². The van der Waals surface area contributed by atoms with Crippen molar-refractivity contribution in [1.82, 2.24) is 5.32 Å². The van der Waals surface area contributed by atoms with E-state index in [1.54, 1.807) is 7.11 Å². The van der Waals surface area contributed by atoms with Gasteiger partial charge in [0.25, 0.3) is 5.91 Å². The van der Waals surface area contributed by atoms with E-state index in [2.05, 4.69) is 5.32 Å². The minimum absolute atomic E-state index is 0.101. The fraction of sp³-hybridized carbons (Fsp3) is 0.500. The lowest BCUT2D eigenvalue weighted by Crippen LogP contribution is -2.30. The molecular weight excluding hydrogens is 263 g/mol. The molecule has 0 aliphatic carbocycles. The van der Waals surface area contributed by atoms with E-state index in [0.29, 0.717) is 37.4 Å². The van der Waals surface area contributed by atoms with Crippen LogP contribution in [0.1, 0.15) is 12.0 Å². The summed E-state index contributed by atoms with van der Waals surface area (Å²) in [6.45, 7) is 1.42. The number of benzene rings is 1. The number of amides is 1. The fourth-order valence-corrected chi connectivity index (χ4v) is 1.68. The average molecular weight is 284 g/mol. The van der Waals surface area contributed by atoms with E-state index in [4.69, 9.17) is 15.2 Å². The number of nitrogens with one attached hydrogen (secondary N) is 1. The summed E-state index contributed by atoms with van der Waals surface area (Å²) >= 11 is 0. The largest absolute Gasteiger partial charge is 0.483 e. The molecule has 0 aliphatic rings. The first-order chi connectivity index (χ1) is 9.67. The molecule has 0 atom stereocenters. The minimum atomic E-state index is -0.343. The molecule has 0 fully saturated rings. The molecule has 5 nitrogen and oxygen atoms in total. The van der Waals surface area contributed by atoms with Crippen molar-refractivity contribution >= 4 is 5.91 Å². The molecule has 6 heteroatoms. The molecule has 0 spiro atoms. The maximum absolute atomic E-state index is 13.1. The smallest absolute Gasteiger partial charge is 0.257 e. The van der Waals surface area contributed by atoms with E-state index in [0.717, 1.165) is 6.42 Å². The van der Waals surface area contributed by atoms with Gasteiger partial charge in [-0.3, -0.25) is 4.79 Å². The molecule has 0 saturated carbocycles. The van der Waals surface area contributed by atoms with Crippen molar-refractivity contribution in [2.45, 2.75) is 12.8 Å². The van der Waals surface area contributed by atoms with E-state index in [1.807, 2.05) is 0 Å². The molecule has 3 N–H and O–H groups in total. The Morgan fingerprint density at radius 3 is 2.95 bits per heavy atom. The first-order valence-corrected chi connectivity index (χ1v) is 6.54. The van der Waals surface area contributed by atoms with Crippen molar-refractivity contribution in [3.63, 3.8) is 0 Å². The topological polar surface area (TPSA) is 73.6 Å². The summed E-state index contributed by atoms with van der Waals surface area (Å²) in [6.07, 6.45) is 1.25. The van der Waals surface area contributed by atoms with Gasteiger partial charge in [-0.05, 0) is 43.1 Å². The van der Waals surface area contributed by atoms with Gasteiger partial charge in [0.2, 0.25) is 0 Å². The maximum Gasteiger partial charge on any atom is 0.257 e. The number of carbonyl (C=O) groups is 1. The van der Waals surface area contributed by atoms with Crippen LogP contribution in [0.3, 0.4) is 0 Å². The monoisotopic (exact) mass is 284 g/mol. The van der Waals surface area contributed by atoms with E-state index in [-0.39, 0.29) is 18.3 Å². The van der Waals surface area contributed by atoms with Crippen LogP contribution < -0.4 is 15.8 Å². The first kappa shape index (κ1) is 16.4. The lowest BCUT2D eigenvalue weighted by Gasteiger charge is -2.11. The molecule has 1 rings (SSSR count). The van der Waals surface area contributed by atoms with Crippen LogP contribution in [0, 0.1) is 5.82 Å². The zero-order valence-corrected chi connectivity index (χ0v) is 11.7. The molecule has 0 bridgehead atoms. The molecule has 0 aromatic heterocycles. The number of ether oxygens (including phenoxy) is 2. The summed E-state index contributed by atoms with van der Waals surface area (Å²) in [6, 6.07) is 4.18. The lowest BCUT2D eigenvalue weighted by molar-refractivity contribution is -0.123. The highest BCUT2D eigenvalue weighted by Gasteiger charge is 2.07. The Labute approximate surface area is 118 Å². The Morgan fingerprint density at radius 2 is 2.25 bits per heavy atom. The third kappa shape index (κ3) is 5.99. The molecule has 1 aromatic carbocycles. The van der Waals surface area contributed by atoms with Crippen molar-refractivity contribution in [2.75, 3.05) is 33.4 Å². The van der Waals surface area contributed by atoms with Gasteiger partial charge >= 0.3 is 0 Å². The molecule has 20 heavy (non-hydrogen) atoms. The van der Waals surface area contributed by atoms with E-state index in [9.17, 15) is 9.18 Å². The van der Waals surface area contributed by atoms with Crippen molar-refractivity contribution in [3.05, 3.63) is 29.6 Å². The second kappa shape index (κ2) is 9.28. The fourth-order valence-electron chi connectivity index (χ4n) is 1.68. The first-order valence-electron chi connectivity index (χ1n) is 6.54. The Morgan fingerprint density at radius 1 is 1.45 bits per heavy atom. The molecule has 0 saturated heterocycles. The molecule has 1 amide bonds. The van der Waals surface area contributed by atoms with Gasteiger partial charge in [0.1, 0.15) is 11.6 Å². The standard InChI is InChI=1S/C14H21FN2O3/c1-19-8-2-7-17-14(18)10-20-13-4-3-12(15)9-11(13)5-6-16/h3-4,9H,2,5-8,10,16H2,1H3,(H,17,18). The normalized spacial score (nSPS) is 10.3. The summed E-state index contributed by atoms with van der Waals surface area (Å²) in [5.41, 5.74) is 6.13. The third-order valence-electron chi connectivity index (χ3n) is 2.64. The van der Waals surface area contributed by atoms with E-state index < -0.39 is 0 Å². The Hall–Kier alpha value is -1.66. The highest BCUT2D eigenvalue weighted by atomic mass is 19.1. The van der Waals surface area contributed by atoms with Gasteiger partial charge in [-0.25, -0.2) is 4.39 Å². The molecule has 112 valence electrons. The summed E-state index contributed by atoms with van der Waals surface area (Å²) in [4.78, 5) is 11.5. The number of halogens is 1. The third-order valence-corrected chi connectivity index (χ3v) is 2.64. The number of hydrogen-bond donors (Lipinski definition) is 2. The van der Waals surface area contributed by atoms with Crippen molar-refractivity contribution in [3.8, 4) is 5.75 Å². The van der Waals surface area contributed by atoms with Crippen LogP contribution in [0.4, 0.5) is 4.39 Å². The van der Waals surface area contributed by atoms with Crippen LogP contribution in [-0.4, -0.2) is 39.3 Å². The van der Waals surface area contributed by atoms with Crippen LogP contribution in [0.5, 0.6) is 5.75 Å². The molecule has 0 aliphatic heterocycles. The van der Waals surface area contributed by atoms with Crippen LogP contribution >= 0.6 is 0 Å². The predicted octanol–water partition coefficient (Wildman–Crippen LogP) is 0.858. The zero-order chi connectivity index (χ0) is 14.8. The van der Waals surface area contributed by atoms with Crippen molar-refractivity contribution in [2.24, 2.45) is 5.73 Å². The Kier molecular flexibility index (Phi) is 7.60. The van der Waals surface area contributed by atoms with Gasteiger partial charge < -0.3 is 20.5 Å². The van der Waals surface area contributed by atoms with Gasteiger partial charge in [0.15, 0.2) is 6.61 Å². The molecule has 0 heterocycles. The maximum atomic E-state index is 13.1. The number of hydrogen-bond acceptors (Lipinski definition) is 4. The van der Waals surface area contributed by atoms with Gasteiger partial charge in [-0.15, -0.1) is 0 Å². The van der Waals surface area contributed by atoms with E-state index in [1.165, 1.54) is 18.2 Å². The van der Waals surface area contributed by atoms with Crippen LogP contribution in [-0.2, 0) is 16.0 Å². The average Bonchev–Trinajstić information content (AvgIpc) is 2.43. The number of methoxy groups -OCH3 is 1. The summed E-state index contributed by atoms with van der Waals surface area (Å²) in [5, 5.41) is 2.71. The quantitative estimate of drug-likeness (QED) is 0.660. The predicted molar refractivity (Wildman–Crippen MR) is 74.2 cm³/mol. The Bertz CT molecular complexity index is 427. The second-order valence-corrected chi connectivity index (χ2v) is 4.28. The molecule has 1 aromatic rings. The van der Waals surface area contributed by atoms with Crippen LogP contribution in [0.15, 0.2) is 18.2 Å².